The van der Waals surface area contributed by atoms with E-state index in [1.165, 1.54) is 0 Å². The van der Waals surface area contributed by atoms with Gasteiger partial charge in [0, 0.05) is 29.3 Å². The van der Waals surface area contributed by atoms with Crippen LogP contribution in [0.25, 0.3) is 22.6 Å². The molecule has 0 spiro atoms. The number of hydrogen-bond donors (Lipinski definition) is 1. The van der Waals surface area contributed by atoms with Gasteiger partial charge in [-0.2, -0.15) is 0 Å². The van der Waals surface area contributed by atoms with Gasteiger partial charge in [-0.15, -0.1) is 11.3 Å². The number of aryl methyl sites for hydroxylation is 1. The first-order valence-corrected chi connectivity index (χ1v) is 9.67. The molecule has 2 aromatic heterocycles. The molecule has 8 heteroatoms. The molecule has 146 valence electrons. The highest BCUT2D eigenvalue weighted by Gasteiger charge is 2.13. The van der Waals surface area contributed by atoms with Gasteiger partial charge in [-0.1, -0.05) is 30.3 Å². The van der Waals surface area contributed by atoms with E-state index in [-0.39, 0.29) is 23.6 Å². The van der Waals surface area contributed by atoms with Crippen LogP contribution in [0.4, 0.5) is 13.9 Å². The van der Waals surface area contributed by atoms with Crippen molar-refractivity contribution >= 4 is 22.4 Å². The van der Waals surface area contributed by atoms with Crippen molar-refractivity contribution in [3.63, 3.8) is 0 Å². The number of thiazole rings is 1. The summed E-state index contributed by atoms with van der Waals surface area (Å²) in [6.07, 6.45) is 2.11. The lowest BCUT2D eigenvalue weighted by Gasteiger charge is -2.01. The Morgan fingerprint density at radius 1 is 1.14 bits per heavy atom. The van der Waals surface area contributed by atoms with E-state index < -0.39 is 11.6 Å². The third kappa shape index (κ3) is 4.55. The van der Waals surface area contributed by atoms with Crippen molar-refractivity contribution < 1.29 is 18.0 Å². The lowest BCUT2D eigenvalue weighted by atomic mass is 10.1. The van der Waals surface area contributed by atoms with Crippen LogP contribution in [0.2, 0.25) is 0 Å². The van der Waals surface area contributed by atoms with E-state index >= 15 is 0 Å². The van der Waals surface area contributed by atoms with Gasteiger partial charge in [-0.05, 0) is 18.2 Å². The molecule has 0 fully saturated rings. The largest absolute Gasteiger partial charge is 0.441 e. The average Bonchev–Trinajstić information content (AvgIpc) is 3.39. The first kappa shape index (κ1) is 18.9. The summed E-state index contributed by atoms with van der Waals surface area (Å²) in [4.78, 5) is 20.5. The zero-order valence-corrected chi connectivity index (χ0v) is 15.9. The Morgan fingerprint density at radius 3 is 2.79 bits per heavy atom. The smallest absolute Gasteiger partial charge is 0.226 e. The maximum atomic E-state index is 13.9. The van der Waals surface area contributed by atoms with Crippen LogP contribution in [0.3, 0.4) is 0 Å². The fourth-order valence-electron chi connectivity index (χ4n) is 2.71. The van der Waals surface area contributed by atoms with Crippen LogP contribution in [0.15, 0.2) is 64.5 Å². The Kier molecular flexibility index (Phi) is 5.44. The second-order valence-corrected chi connectivity index (χ2v) is 7.05. The quantitative estimate of drug-likeness (QED) is 0.467. The van der Waals surface area contributed by atoms with Gasteiger partial charge in [-0.3, -0.25) is 4.79 Å². The minimum atomic E-state index is -0.576. The molecular weight excluding hydrogens is 396 g/mol. The number of oxazole rings is 1. The molecule has 4 aromatic rings. The van der Waals surface area contributed by atoms with Gasteiger partial charge in [0.1, 0.15) is 11.6 Å². The van der Waals surface area contributed by atoms with Gasteiger partial charge in [0.2, 0.25) is 5.91 Å². The number of halogens is 2. The Morgan fingerprint density at radius 2 is 1.97 bits per heavy atom. The molecule has 5 nitrogen and oxygen atoms in total. The topological polar surface area (TPSA) is 68.0 Å². The molecule has 2 aromatic carbocycles. The standard InChI is InChI=1S/C21H15F2N3O2S/c22-14-6-7-16(23)15(10-14)17-12-29-21(25-17)26-19(27)8-9-20-24-11-18(28-20)13-4-2-1-3-5-13/h1-7,10-12H,8-9H2,(H,25,26,27). The maximum absolute atomic E-state index is 13.9. The molecule has 29 heavy (non-hydrogen) atoms. The molecule has 0 radical (unpaired) electrons. The number of amides is 1. The summed E-state index contributed by atoms with van der Waals surface area (Å²) in [5.74, 6) is -0.304. The molecule has 0 atom stereocenters. The number of carbonyl (C=O) groups is 1. The fraction of sp³-hybridized carbons (Fsp3) is 0.0952. The summed E-state index contributed by atoms with van der Waals surface area (Å²) < 4.78 is 32.9. The molecule has 0 aliphatic heterocycles. The first-order chi connectivity index (χ1) is 14.1. The monoisotopic (exact) mass is 411 g/mol. The number of nitrogens with one attached hydrogen (secondary N) is 1. The summed E-state index contributed by atoms with van der Waals surface area (Å²) in [7, 11) is 0. The molecule has 0 saturated carbocycles. The summed E-state index contributed by atoms with van der Waals surface area (Å²) >= 11 is 1.14. The van der Waals surface area contributed by atoms with Crippen LogP contribution in [0, 0.1) is 11.6 Å². The third-order valence-electron chi connectivity index (χ3n) is 4.13. The highest BCUT2D eigenvalue weighted by Crippen LogP contribution is 2.28. The molecule has 0 bridgehead atoms. The summed E-state index contributed by atoms with van der Waals surface area (Å²) in [5, 5.41) is 4.53. The zero-order valence-electron chi connectivity index (χ0n) is 15.1. The highest BCUT2D eigenvalue weighted by molar-refractivity contribution is 7.14. The lowest BCUT2D eigenvalue weighted by molar-refractivity contribution is -0.116. The predicted molar refractivity (Wildman–Crippen MR) is 106 cm³/mol. The minimum Gasteiger partial charge on any atom is -0.441 e. The lowest BCUT2D eigenvalue weighted by Crippen LogP contribution is -2.12. The third-order valence-corrected chi connectivity index (χ3v) is 4.89. The van der Waals surface area contributed by atoms with Crippen molar-refractivity contribution in [2.75, 3.05) is 5.32 Å². The number of hydrogen-bond acceptors (Lipinski definition) is 5. The van der Waals surface area contributed by atoms with Crippen LogP contribution < -0.4 is 5.32 Å². The van der Waals surface area contributed by atoms with E-state index in [2.05, 4.69) is 15.3 Å². The van der Waals surface area contributed by atoms with Gasteiger partial charge in [0.25, 0.3) is 0 Å². The molecule has 0 aliphatic carbocycles. The molecule has 1 amide bonds. The van der Waals surface area contributed by atoms with E-state index in [0.29, 0.717) is 23.2 Å². The van der Waals surface area contributed by atoms with Crippen LogP contribution in [0.5, 0.6) is 0 Å². The normalized spacial score (nSPS) is 10.8. The van der Waals surface area contributed by atoms with Crippen molar-refractivity contribution in [1.29, 1.82) is 0 Å². The number of carbonyl (C=O) groups excluding carboxylic acids is 1. The summed E-state index contributed by atoms with van der Waals surface area (Å²) in [6, 6.07) is 12.7. The van der Waals surface area contributed by atoms with Gasteiger partial charge < -0.3 is 9.73 Å². The highest BCUT2D eigenvalue weighted by atomic mass is 32.1. The molecule has 0 unspecified atom stereocenters. The molecule has 4 rings (SSSR count). The molecule has 2 heterocycles. The van der Waals surface area contributed by atoms with E-state index in [1.54, 1.807) is 11.6 Å². The van der Waals surface area contributed by atoms with Crippen LogP contribution in [-0.2, 0) is 11.2 Å². The van der Waals surface area contributed by atoms with E-state index in [0.717, 1.165) is 35.1 Å². The minimum absolute atomic E-state index is 0.0509. The predicted octanol–water partition coefficient (Wildman–Crippen LogP) is 5.31. The van der Waals surface area contributed by atoms with Gasteiger partial charge in [0.15, 0.2) is 16.8 Å². The number of aromatic nitrogens is 2. The van der Waals surface area contributed by atoms with Crippen molar-refractivity contribution in [3.05, 3.63) is 77.6 Å². The Hall–Kier alpha value is -3.39. The summed E-state index contributed by atoms with van der Waals surface area (Å²) in [6.45, 7) is 0. The Bertz CT molecular complexity index is 1140. The van der Waals surface area contributed by atoms with Crippen molar-refractivity contribution in [3.8, 4) is 22.6 Å². The fourth-order valence-corrected chi connectivity index (χ4v) is 3.44. The van der Waals surface area contributed by atoms with Crippen molar-refractivity contribution in [2.24, 2.45) is 0 Å². The number of rotatable bonds is 6. The van der Waals surface area contributed by atoms with Crippen LogP contribution in [0.1, 0.15) is 12.3 Å². The van der Waals surface area contributed by atoms with Gasteiger partial charge in [-0.25, -0.2) is 18.7 Å². The van der Waals surface area contributed by atoms with Crippen molar-refractivity contribution in [2.45, 2.75) is 12.8 Å². The summed E-state index contributed by atoms with van der Waals surface area (Å²) in [5.41, 5.74) is 1.23. The average molecular weight is 411 g/mol. The molecular formula is C21H15F2N3O2S. The number of anilines is 1. The molecule has 0 aliphatic rings. The second-order valence-electron chi connectivity index (χ2n) is 6.19. The molecule has 1 N–H and O–H groups in total. The molecule has 0 saturated heterocycles. The van der Waals surface area contributed by atoms with Crippen LogP contribution in [-0.4, -0.2) is 15.9 Å². The number of nitrogens with zero attached hydrogens (tertiary/aromatic N) is 2. The SMILES string of the molecule is O=C(CCc1ncc(-c2ccccc2)o1)Nc1nc(-c2cc(F)ccc2F)cs1. The number of benzene rings is 2. The van der Waals surface area contributed by atoms with E-state index in [1.807, 2.05) is 30.3 Å². The maximum Gasteiger partial charge on any atom is 0.226 e. The van der Waals surface area contributed by atoms with Crippen molar-refractivity contribution in [1.82, 2.24) is 9.97 Å². The second kappa shape index (κ2) is 8.32. The van der Waals surface area contributed by atoms with E-state index in [9.17, 15) is 13.6 Å². The van der Waals surface area contributed by atoms with Gasteiger partial charge in [0.05, 0.1) is 11.9 Å². The van der Waals surface area contributed by atoms with E-state index in [4.69, 9.17) is 4.42 Å². The Labute approximate surface area is 169 Å². The zero-order chi connectivity index (χ0) is 20.2. The first-order valence-electron chi connectivity index (χ1n) is 8.79. The van der Waals surface area contributed by atoms with Crippen LogP contribution >= 0.6 is 11.3 Å². The Balaban J connectivity index is 1.35. The van der Waals surface area contributed by atoms with Gasteiger partial charge >= 0.3 is 0 Å².